The van der Waals surface area contributed by atoms with Crippen LogP contribution < -0.4 is 10.0 Å². The van der Waals surface area contributed by atoms with Crippen molar-refractivity contribution in [3.05, 3.63) is 95.1 Å². The van der Waals surface area contributed by atoms with Crippen molar-refractivity contribution in [2.75, 3.05) is 19.4 Å². The number of hydrogen-bond acceptors (Lipinski definition) is 4. The van der Waals surface area contributed by atoms with Crippen molar-refractivity contribution in [1.29, 1.82) is 0 Å². The van der Waals surface area contributed by atoms with Crippen LogP contribution in [-0.2, 0) is 22.0 Å². The largest absolute Gasteiger partial charge is 0.345 e. The van der Waals surface area contributed by atoms with Gasteiger partial charge in [-0.2, -0.15) is 0 Å². The molecule has 3 rings (SSSR count). The van der Waals surface area contributed by atoms with Crippen molar-refractivity contribution >= 4 is 27.5 Å². The smallest absolute Gasteiger partial charge is 0.255 e. The van der Waals surface area contributed by atoms with E-state index in [9.17, 15) is 18.0 Å². The number of nitrogens with one attached hydrogen (secondary N) is 2. The molecule has 3 aromatic rings. The molecule has 2 amide bonds. The van der Waals surface area contributed by atoms with Gasteiger partial charge in [-0.25, -0.2) is 13.1 Å². The van der Waals surface area contributed by atoms with Gasteiger partial charge in [0.2, 0.25) is 10.0 Å². The topological polar surface area (TPSA) is 95.6 Å². The van der Waals surface area contributed by atoms with Crippen molar-refractivity contribution in [1.82, 2.24) is 9.62 Å². The van der Waals surface area contributed by atoms with Crippen LogP contribution >= 0.6 is 0 Å². The zero-order valence-corrected chi connectivity index (χ0v) is 21.4. The number of sulfonamides is 1. The molecule has 3 aromatic carbocycles. The Labute approximate surface area is 207 Å². The number of nitrogens with zero attached hydrogens (tertiary/aromatic N) is 1. The van der Waals surface area contributed by atoms with Crippen LogP contribution in [0.4, 0.5) is 5.69 Å². The van der Waals surface area contributed by atoms with Gasteiger partial charge in [-0.05, 0) is 59.0 Å². The van der Waals surface area contributed by atoms with Gasteiger partial charge in [-0.1, -0.05) is 51.1 Å². The van der Waals surface area contributed by atoms with Gasteiger partial charge in [0.25, 0.3) is 11.8 Å². The summed E-state index contributed by atoms with van der Waals surface area (Å²) in [5, 5.41) is 2.78. The van der Waals surface area contributed by atoms with E-state index in [-0.39, 0.29) is 28.7 Å². The molecule has 0 radical (unpaired) electrons. The highest BCUT2D eigenvalue weighted by Gasteiger charge is 2.17. The van der Waals surface area contributed by atoms with Gasteiger partial charge in [0.05, 0.1) is 4.90 Å². The monoisotopic (exact) mass is 493 g/mol. The normalized spacial score (nSPS) is 11.7. The Kier molecular flexibility index (Phi) is 7.77. The molecule has 0 aromatic heterocycles. The maximum absolute atomic E-state index is 12.7. The van der Waals surface area contributed by atoms with Crippen LogP contribution in [0.1, 0.15) is 52.6 Å². The summed E-state index contributed by atoms with van der Waals surface area (Å²) in [5.41, 5.74) is 3.12. The number of hydrogen-bond donors (Lipinski definition) is 2. The van der Waals surface area contributed by atoms with Crippen molar-refractivity contribution in [2.24, 2.45) is 0 Å². The van der Waals surface area contributed by atoms with Crippen LogP contribution in [-0.4, -0.2) is 39.2 Å². The van der Waals surface area contributed by atoms with Gasteiger partial charge in [0.1, 0.15) is 0 Å². The molecule has 2 N–H and O–H groups in total. The fourth-order valence-electron chi connectivity index (χ4n) is 3.36. The van der Waals surface area contributed by atoms with E-state index in [0.717, 1.165) is 11.1 Å². The summed E-state index contributed by atoms with van der Waals surface area (Å²) in [6, 6.07) is 20.3. The Morgan fingerprint density at radius 3 is 2.06 bits per heavy atom. The molecule has 7 nitrogen and oxygen atoms in total. The summed E-state index contributed by atoms with van der Waals surface area (Å²) in [7, 11) is -0.336. The Hall–Kier alpha value is -3.49. The highest BCUT2D eigenvalue weighted by molar-refractivity contribution is 7.89. The lowest BCUT2D eigenvalue weighted by molar-refractivity contribution is 0.0827. The van der Waals surface area contributed by atoms with E-state index in [1.165, 1.54) is 4.90 Å². The van der Waals surface area contributed by atoms with E-state index in [2.05, 4.69) is 30.8 Å². The summed E-state index contributed by atoms with van der Waals surface area (Å²) in [5.74, 6) is -0.483. The molecule has 0 saturated carbocycles. The molecule has 0 saturated heterocycles. The molecule has 184 valence electrons. The minimum absolute atomic E-state index is 0.0593. The first-order valence-corrected chi connectivity index (χ1v) is 12.7. The number of benzene rings is 3. The van der Waals surface area contributed by atoms with Gasteiger partial charge in [0, 0.05) is 37.5 Å². The lowest BCUT2D eigenvalue weighted by atomic mass is 9.87. The van der Waals surface area contributed by atoms with Crippen LogP contribution in [0.3, 0.4) is 0 Å². The Bertz CT molecular complexity index is 1310. The molecule has 35 heavy (non-hydrogen) atoms. The Balaban J connectivity index is 1.62. The van der Waals surface area contributed by atoms with Gasteiger partial charge >= 0.3 is 0 Å². The summed E-state index contributed by atoms with van der Waals surface area (Å²) >= 11 is 0. The van der Waals surface area contributed by atoms with Gasteiger partial charge in [-0.15, -0.1) is 0 Å². The molecule has 0 heterocycles. The standard InChI is InChI=1S/C27H31N3O4S/c1-27(2,3)22-13-15-24(16-14-22)35(33,34)28-18-19-9-11-20(12-10-19)25(31)29-23-8-6-7-21(17-23)26(32)30(4)5/h6-17,28H,18H2,1-5H3,(H,29,31). The molecular weight excluding hydrogens is 462 g/mol. The lowest BCUT2D eigenvalue weighted by Crippen LogP contribution is -2.23. The summed E-state index contributed by atoms with van der Waals surface area (Å²) in [6.45, 7) is 6.31. The van der Waals surface area contributed by atoms with Crippen molar-refractivity contribution in [3.63, 3.8) is 0 Å². The predicted molar refractivity (Wildman–Crippen MR) is 138 cm³/mol. The first kappa shape index (κ1) is 26.1. The molecular formula is C27H31N3O4S. The number of carbonyl (C=O) groups is 2. The highest BCUT2D eigenvalue weighted by Crippen LogP contribution is 2.23. The van der Waals surface area contributed by atoms with E-state index < -0.39 is 10.0 Å². The van der Waals surface area contributed by atoms with Gasteiger partial charge in [0.15, 0.2) is 0 Å². The van der Waals surface area contributed by atoms with Gasteiger partial charge < -0.3 is 10.2 Å². The van der Waals surface area contributed by atoms with Crippen molar-refractivity contribution in [2.45, 2.75) is 37.6 Å². The molecule has 0 spiro atoms. The summed E-state index contributed by atoms with van der Waals surface area (Å²) in [4.78, 5) is 26.4. The van der Waals surface area contributed by atoms with Crippen LogP contribution in [0.25, 0.3) is 0 Å². The summed E-state index contributed by atoms with van der Waals surface area (Å²) in [6.07, 6.45) is 0. The third-order valence-electron chi connectivity index (χ3n) is 5.49. The van der Waals surface area contributed by atoms with E-state index >= 15 is 0 Å². The third-order valence-corrected chi connectivity index (χ3v) is 6.90. The minimum Gasteiger partial charge on any atom is -0.345 e. The van der Waals surface area contributed by atoms with Crippen LogP contribution in [0.5, 0.6) is 0 Å². The quantitative estimate of drug-likeness (QED) is 0.509. The third kappa shape index (κ3) is 6.77. The first-order valence-electron chi connectivity index (χ1n) is 11.2. The number of rotatable bonds is 7. The molecule has 0 fully saturated rings. The molecule has 0 atom stereocenters. The molecule has 0 aliphatic heterocycles. The van der Waals surface area contributed by atoms with Crippen molar-refractivity contribution in [3.8, 4) is 0 Å². The lowest BCUT2D eigenvalue weighted by Gasteiger charge is -2.19. The predicted octanol–water partition coefficient (Wildman–Crippen LogP) is 4.42. The molecule has 0 aliphatic carbocycles. The van der Waals surface area contributed by atoms with Gasteiger partial charge in [-0.3, -0.25) is 9.59 Å². The van der Waals surface area contributed by atoms with Crippen LogP contribution in [0.2, 0.25) is 0 Å². The first-order chi connectivity index (χ1) is 16.4. The highest BCUT2D eigenvalue weighted by atomic mass is 32.2. The van der Waals surface area contributed by atoms with E-state index in [1.54, 1.807) is 74.8 Å². The zero-order chi connectivity index (χ0) is 25.8. The molecule has 0 bridgehead atoms. The average Bonchev–Trinajstić information content (AvgIpc) is 2.82. The summed E-state index contributed by atoms with van der Waals surface area (Å²) < 4.78 is 27.9. The van der Waals surface area contributed by atoms with E-state index in [0.29, 0.717) is 16.8 Å². The Morgan fingerprint density at radius 1 is 0.857 bits per heavy atom. The zero-order valence-electron chi connectivity index (χ0n) is 20.6. The Morgan fingerprint density at radius 2 is 1.49 bits per heavy atom. The fourth-order valence-corrected chi connectivity index (χ4v) is 4.38. The second kappa shape index (κ2) is 10.4. The molecule has 0 unspecified atom stereocenters. The number of anilines is 1. The number of carbonyl (C=O) groups excluding carboxylic acids is 2. The van der Waals surface area contributed by atoms with Crippen molar-refractivity contribution < 1.29 is 18.0 Å². The van der Waals surface area contributed by atoms with E-state index in [1.807, 2.05) is 12.1 Å². The molecule has 0 aliphatic rings. The second-order valence-corrected chi connectivity index (χ2v) is 11.3. The number of amides is 2. The van der Waals surface area contributed by atoms with Crippen LogP contribution in [0.15, 0.2) is 77.7 Å². The average molecular weight is 494 g/mol. The second-order valence-electron chi connectivity index (χ2n) is 9.53. The SMILES string of the molecule is CN(C)C(=O)c1cccc(NC(=O)c2ccc(CNS(=O)(=O)c3ccc(C(C)(C)C)cc3)cc2)c1. The maximum atomic E-state index is 12.7. The minimum atomic E-state index is -3.67. The fraction of sp³-hybridized carbons (Fsp3) is 0.259. The molecule has 8 heteroatoms. The van der Waals surface area contributed by atoms with E-state index in [4.69, 9.17) is 0 Å². The van der Waals surface area contributed by atoms with Crippen LogP contribution in [0, 0.1) is 0 Å². The maximum Gasteiger partial charge on any atom is 0.255 e.